The van der Waals surface area contributed by atoms with Gasteiger partial charge < -0.3 is 10.0 Å². The van der Waals surface area contributed by atoms with Crippen LogP contribution in [0, 0.1) is 19.7 Å². The molecule has 1 N–H and O–H groups in total. The van der Waals surface area contributed by atoms with Crippen LogP contribution in [0.1, 0.15) is 16.8 Å². The molecule has 33 heavy (non-hydrogen) atoms. The van der Waals surface area contributed by atoms with Gasteiger partial charge in [-0.25, -0.2) is 16.8 Å². The van der Waals surface area contributed by atoms with Gasteiger partial charge >= 0.3 is 5.97 Å². The van der Waals surface area contributed by atoms with Crippen LogP contribution in [0.25, 0.3) is 10.9 Å². The minimum Gasteiger partial charge on any atom is -0.481 e. The number of carboxylic acid groups (broad SMARTS) is 1. The summed E-state index contributed by atoms with van der Waals surface area (Å²) in [5.74, 6) is -1.69. The van der Waals surface area contributed by atoms with Gasteiger partial charge in [0.05, 0.1) is 16.8 Å². The van der Waals surface area contributed by atoms with Crippen molar-refractivity contribution in [1.82, 2.24) is 3.97 Å². The number of nitrogens with zero attached hydrogens (tertiary/aromatic N) is 2. The lowest BCUT2D eigenvalue weighted by Crippen LogP contribution is -2.15. The van der Waals surface area contributed by atoms with Crippen LogP contribution < -0.4 is 4.90 Å². The number of carboxylic acids is 1. The molecule has 0 amide bonds. The van der Waals surface area contributed by atoms with Gasteiger partial charge in [0.1, 0.15) is 5.82 Å². The number of hydrogen-bond acceptors (Lipinski definition) is 4. The zero-order valence-corrected chi connectivity index (χ0v) is 19.2. The summed E-state index contributed by atoms with van der Waals surface area (Å²) >= 11 is 0. The molecule has 0 aliphatic carbocycles. The predicted molar refractivity (Wildman–Crippen MR) is 126 cm³/mol. The Morgan fingerprint density at radius 2 is 1.70 bits per heavy atom. The van der Waals surface area contributed by atoms with E-state index in [1.807, 2.05) is 43.1 Å². The van der Waals surface area contributed by atoms with Gasteiger partial charge in [-0.05, 0) is 79.6 Å². The SMILES string of the molecule is Cc1cccc(N(C)c2ccc(S(=O)(=O)n3c(C)c(CC(=O)O)c4cc(F)ccc43)cc2)c1. The maximum atomic E-state index is 13.9. The zero-order chi connectivity index (χ0) is 23.9. The Balaban J connectivity index is 1.79. The van der Waals surface area contributed by atoms with E-state index in [2.05, 4.69) is 0 Å². The Labute approximate surface area is 191 Å². The van der Waals surface area contributed by atoms with Crippen molar-refractivity contribution in [1.29, 1.82) is 0 Å². The summed E-state index contributed by atoms with van der Waals surface area (Å²) in [5.41, 5.74) is 3.66. The van der Waals surface area contributed by atoms with Crippen molar-refractivity contribution in [2.45, 2.75) is 25.2 Å². The monoisotopic (exact) mass is 466 g/mol. The number of aliphatic carboxylic acids is 1. The first-order chi connectivity index (χ1) is 15.6. The predicted octanol–water partition coefficient (Wildman–Crippen LogP) is 5.03. The molecule has 0 spiro atoms. The molecule has 6 nitrogen and oxygen atoms in total. The van der Waals surface area contributed by atoms with Crippen molar-refractivity contribution < 1.29 is 22.7 Å². The molecule has 0 fully saturated rings. The highest BCUT2D eigenvalue weighted by Gasteiger charge is 2.26. The largest absolute Gasteiger partial charge is 0.481 e. The quantitative estimate of drug-likeness (QED) is 0.431. The summed E-state index contributed by atoms with van der Waals surface area (Å²) < 4.78 is 42.1. The van der Waals surface area contributed by atoms with E-state index in [1.54, 1.807) is 12.1 Å². The number of hydrogen-bond donors (Lipinski definition) is 1. The zero-order valence-electron chi connectivity index (χ0n) is 18.4. The fourth-order valence-electron chi connectivity index (χ4n) is 4.04. The second kappa shape index (κ2) is 8.37. The van der Waals surface area contributed by atoms with E-state index < -0.39 is 28.2 Å². The van der Waals surface area contributed by atoms with Gasteiger partial charge in [0, 0.05) is 29.5 Å². The van der Waals surface area contributed by atoms with Crippen LogP contribution in [-0.2, 0) is 21.2 Å². The van der Waals surface area contributed by atoms with E-state index in [4.69, 9.17) is 0 Å². The number of aryl methyl sites for hydroxylation is 1. The topological polar surface area (TPSA) is 79.6 Å². The number of halogens is 1. The summed E-state index contributed by atoms with van der Waals surface area (Å²) in [5, 5.41) is 9.56. The summed E-state index contributed by atoms with van der Waals surface area (Å²) in [6.45, 7) is 3.54. The molecule has 0 unspecified atom stereocenters. The molecule has 8 heteroatoms. The molecular formula is C25H23FN2O4S. The maximum Gasteiger partial charge on any atom is 0.307 e. The second-order valence-electron chi connectivity index (χ2n) is 7.96. The average molecular weight is 467 g/mol. The number of anilines is 2. The van der Waals surface area contributed by atoms with Crippen LogP contribution in [0.2, 0.25) is 0 Å². The van der Waals surface area contributed by atoms with Gasteiger partial charge in [-0.15, -0.1) is 0 Å². The van der Waals surface area contributed by atoms with Crippen LogP contribution in [0.5, 0.6) is 0 Å². The minimum atomic E-state index is -4.06. The Morgan fingerprint density at radius 3 is 2.33 bits per heavy atom. The van der Waals surface area contributed by atoms with E-state index in [0.717, 1.165) is 27.0 Å². The highest BCUT2D eigenvalue weighted by atomic mass is 32.2. The van der Waals surface area contributed by atoms with Crippen molar-refractivity contribution in [2.24, 2.45) is 0 Å². The molecular weight excluding hydrogens is 443 g/mol. The van der Waals surface area contributed by atoms with Crippen LogP contribution in [0.3, 0.4) is 0 Å². The Kier molecular flexibility index (Phi) is 5.71. The molecule has 0 saturated carbocycles. The van der Waals surface area contributed by atoms with Crippen LogP contribution in [-0.4, -0.2) is 30.5 Å². The Bertz CT molecular complexity index is 1470. The molecule has 1 heterocycles. The van der Waals surface area contributed by atoms with E-state index in [0.29, 0.717) is 0 Å². The fourth-order valence-corrected chi connectivity index (χ4v) is 5.62. The van der Waals surface area contributed by atoms with Crippen molar-refractivity contribution in [3.63, 3.8) is 0 Å². The Hall–Kier alpha value is -3.65. The van der Waals surface area contributed by atoms with Crippen LogP contribution >= 0.6 is 0 Å². The van der Waals surface area contributed by atoms with E-state index in [9.17, 15) is 22.7 Å². The molecule has 0 aliphatic heterocycles. The van der Waals surface area contributed by atoms with Gasteiger partial charge in [-0.1, -0.05) is 12.1 Å². The van der Waals surface area contributed by atoms with Crippen molar-refractivity contribution >= 4 is 38.3 Å². The van der Waals surface area contributed by atoms with Crippen molar-refractivity contribution in [3.8, 4) is 0 Å². The average Bonchev–Trinajstić information content (AvgIpc) is 3.04. The molecule has 0 aliphatic rings. The van der Waals surface area contributed by atoms with E-state index in [-0.39, 0.29) is 27.1 Å². The standard InChI is InChI=1S/C25H23FN2O4S/c1-16-5-4-6-20(13-16)27(3)19-8-10-21(11-9-19)33(31,32)28-17(2)22(15-25(29)30)23-14-18(26)7-12-24(23)28/h4-14H,15H2,1-3H3,(H,29,30). The molecule has 0 bridgehead atoms. The van der Waals surface area contributed by atoms with Crippen LogP contribution in [0.4, 0.5) is 15.8 Å². The first-order valence-corrected chi connectivity index (χ1v) is 11.7. The molecule has 0 saturated heterocycles. The van der Waals surface area contributed by atoms with Gasteiger partial charge in [-0.2, -0.15) is 0 Å². The minimum absolute atomic E-state index is 0.0510. The summed E-state index contributed by atoms with van der Waals surface area (Å²) in [4.78, 5) is 13.4. The van der Waals surface area contributed by atoms with Gasteiger partial charge in [-0.3, -0.25) is 4.79 Å². The summed E-state index contributed by atoms with van der Waals surface area (Å²) in [7, 11) is -2.16. The summed E-state index contributed by atoms with van der Waals surface area (Å²) in [6.07, 6.45) is -0.408. The van der Waals surface area contributed by atoms with Gasteiger partial charge in [0.25, 0.3) is 10.0 Å². The van der Waals surface area contributed by atoms with Gasteiger partial charge in [0.15, 0.2) is 0 Å². The normalized spacial score (nSPS) is 11.6. The number of aromatic nitrogens is 1. The Morgan fingerprint density at radius 1 is 1.00 bits per heavy atom. The smallest absolute Gasteiger partial charge is 0.307 e. The lowest BCUT2D eigenvalue weighted by Gasteiger charge is -2.20. The molecule has 4 rings (SSSR count). The molecule has 3 aromatic carbocycles. The molecule has 1 aromatic heterocycles. The number of fused-ring (bicyclic) bond motifs is 1. The van der Waals surface area contributed by atoms with E-state index >= 15 is 0 Å². The lowest BCUT2D eigenvalue weighted by atomic mass is 10.1. The third-order valence-corrected chi connectivity index (χ3v) is 7.54. The molecule has 0 atom stereocenters. The molecule has 4 aromatic rings. The third kappa shape index (κ3) is 4.09. The van der Waals surface area contributed by atoms with Gasteiger partial charge in [0.2, 0.25) is 0 Å². The molecule has 0 radical (unpaired) electrons. The number of benzene rings is 3. The second-order valence-corrected chi connectivity index (χ2v) is 9.74. The number of rotatable bonds is 6. The van der Waals surface area contributed by atoms with Crippen molar-refractivity contribution in [3.05, 3.63) is 89.4 Å². The third-order valence-electron chi connectivity index (χ3n) is 5.72. The maximum absolute atomic E-state index is 13.9. The van der Waals surface area contributed by atoms with E-state index in [1.165, 1.54) is 31.2 Å². The molecule has 170 valence electrons. The number of carbonyl (C=O) groups is 1. The highest BCUT2D eigenvalue weighted by Crippen LogP contribution is 2.32. The highest BCUT2D eigenvalue weighted by molar-refractivity contribution is 7.90. The first-order valence-electron chi connectivity index (χ1n) is 10.3. The lowest BCUT2D eigenvalue weighted by molar-refractivity contribution is -0.136. The fraction of sp³-hybridized carbons (Fsp3) is 0.160. The van der Waals surface area contributed by atoms with Crippen molar-refractivity contribution in [2.75, 3.05) is 11.9 Å². The van der Waals surface area contributed by atoms with Crippen LogP contribution in [0.15, 0.2) is 71.6 Å². The summed E-state index contributed by atoms with van der Waals surface area (Å²) in [6, 6.07) is 18.1. The first kappa shape index (κ1) is 22.5.